The van der Waals surface area contributed by atoms with Crippen LogP contribution in [-0.2, 0) is 0 Å². The second kappa shape index (κ2) is 6.05. The number of hydrogen-bond donors (Lipinski definition) is 1. The lowest BCUT2D eigenvalue weighted by molar-refractivity contribution is 0.308. The van der Waals surface area contributed by atoms with Crippen LogP contribution in [-0.4, -0.2) is 26.7 Å². The number of benzene rings is 2. The van der Waals surface area contributed by atoms with Crippen molar-refractivity contribution < 1.29 is 9.84 Å². The van der Waals surface area contributed by atoms with E-state index in [1.165, 1.54) is 4.80 Å². The maximum absolute atomic E-state index is 9.57. The molecule has 5 nitrogen and oxygen atoms in total. The number of nitrogens with zero attached hydrogens (tertiary/aromatic N) is 3. The molecular weight excluding hydrogens is 278 g/mol. The van der Waals surface area contributed by atoms with Gasteiger partial charge in [0.2, 0.25) is 0 Å². The summed E-state index contributed by atoms with van der Waals surface area (Å²) in [6.45, 7) is 4.86. The average molecular weight is 297 g/mol. The van der Waals surface area contributed by atoms with E-state index in [4.69, 9.17) is 4.74 Å². The maximum Gasteiger partial charge on any atom is 0.124 e. The van der Waals surface area contributed by atoms with Gasteiger partial charge in [-0.25, -0.2) is 0 Å². The molecule has 0 aliphatic heterocycles. The van der Waals surface area contributed by atoms with Gasteiger partial charge in [0.1, 0.15) is 22.5 Å². The zero-order chi connectivity index (χ0) is 15.5. The van der Waals surface area contributed by atoms with Gasteiger partial charge in [-0.1, -0.05) is 19.4 Å². The van der Waals surface area contributed by atoms with Crippen LogP contribution >= 0.6 is 0 Å². The van der Waals surface area contributed by atoms with Crippen molar-refractivity contribution in [2.45, 2.75) is 26.7 Å². The molecule has 3 aromatic rings. The largest absolute Gasteiger partial charge is 0.508 e. The fraction of sp³-hybridized carbons (Fsp3) is 0.294. The van der Waals surface area contributed by atoms with Crippen LogP contribution in [0.3, 0.4) is 0 Å². The Morgan fingerprint density at radius 3 is 2.64 bits per heavy atom. The minimum absolute atomic E-state index is 0.193. The van der Waals surface area contributed by atoms with Crippen molar-refractivity contribution in [3.8, 4) is 17.2 Å². The van der Waals surface area contributed by atoms with Crippen LogP contribution in [0.25, 0.3) is 16.7 Å². The molecular formula is C17H19N3O2. The molecule has 1 aromatic heterocycles. The summed E-state index contributed by atoms with van der Waals surface area (Å²) in [7, 11) is 0. The molecule has 22 heavy (non-hydrogen) atoms. The number of aryl methyl sites for hydroxylation is 1. The minimum Gasteiger partial charge on any atom is -0.508 e. The zero-order valence-electron chi connectivity index (χ0n) is 12.8. The maximum atomic E-state index is 9.57. The smallest absolute Gasteiger partial charge is 0.124 e. The van der Waals surface area contributed by atoms with Gasteiger partial charge in [-0.15, -0.1) is 10.2 Å². The molecule has 1 N–H and O–H groups in total. The molecule has 0 bridgehead atoms. The highest BCUT2D eigenvalue weighted by Gasteiger charge is 2.09. The Morgan fingerprint density at radius 2 is 1.91 bits per heavy atom. The Labute approximate surface area is 129 Å². The van der Waals surface area contributed by atoms with Crippen molar-refractivity contribution in [2.24, 2.45) is 0 Å². The Morgan fingerprint density at radius 1 is 1.14 bits per heavy atom. The summed E-state index contributed by atoms with van der Waals surface area (Å²) >= 11 is 0. The van der Waals surface area contributed by atoms with Crippen LogP contribution in [0.5, 0.6) is 11.5 Å². The molecule has 3 rings (SSSR count). The first kappa shape index (κ1) is 14.4. The average Bonchev–Trinajstić information content (AvgIpc) is 2.90. The van der Waals surface area contributed by atoms with E-state index in [-0.39, 0.29) is 5.75 Å². The fourth-order valence-electron chi connectivity index (χ4n) is 2.26. The number of phenols is 1. The lowest BCUT2D eigenvalue weighted by Crippen LogP contribution is -1.98. The molecule has 0 saturated carbocycles. The van der Waals surface area contributed by atoms with Gasteiger partial charge in [-0.3, -0.25) is 0 Å². The second-order valence-corrected chi connectivity index (χ2v) is 5.32. The second-order valence-electron chi connectivity index (χ2n) is 5.32. The first-order valence-corrected chi connectivity index (χ1v) is 7.47. The van der Waals surface area contributed by atoms with Crippen molar-refractivity contribution in [1.29, 1.82) is 0 Å². The van der Waals surface area contributed by atoms with Gasteiger partial charge < -0.3 is 9.84 Å². The summed E-state index contributed by atoms with van der Waals surface area (Å²) in [6, 6.07) is 10.8. The summed E-state index contributed by atoms with van der Waals surface area (Å²) in [5, 5.41) is 18.5. The molecule has 0 aliphatic rings. The lowest BCUT2D eigenvalue weighted by atomic mass is 10.2. The normalized spacial score (nSPS) is 11.0. The van der Waals surface area contributed by atoms with Crippen molar-refractivity contribution in [3.05, 3.63) is 42.0 Å². The number of ether oxygens (including phenoxy) is 1. The summed E-state index contributed by atoms with van der Waals surface area (Å²) < 4.78 is 5.80. The molecule has 1 heterocycles. The summed E-state index contributed by atoms with van der Waals surface area (Å²) in [6.07, 6.45) is 2.14. The topological polar surface area (TPSA) is 60.2 Å². The van der Waals surface area contributed by atoms with Crippen molar-refractivity contribution in [3.63, 3.8) is 0 Å². The zero-order valence-corrected chi connectivity index (χ0v) is 12.8. The predicted octanol–water partition coefficient (Wildman–Crippen LogP) is 3.61. The molecule has 0 saturated heterocycles. The van der Waals surface area contributed by atoms with Gasteiger partial charge in [0.05, 0.1) is 12.3 Å². The number of rotatable bonds is 5. The first-order chi connectivity index (χ1) is 10.7. The van der Waals surface area contributed by atoms with Gasteiger partial charge in [0, 0.05) is 12.1 Å². The molecule has 0 fully saturated rings. The fourth-order valence-corrected chi connectivity index (χ4v) is 2.26. The molecule has 5 heteroatoms. The van der Waals surface area contributed by atoms with Crippen LogP contribution in [0, 0.1) is 6.92 Å². The Kier molecular flexibility index (Phi) is 3.96. The van der Waals surface area contributed by atoms with E-state index in [0.29, 0.717) is 6.61 Å². The van der Waals surface area contributed by atoms with Gasteiger partial charge >= 0.3 is 0 Å². The minimum atomic E-state index is 0.193. The number of phenolic OH excluding ortho intramolecular Hbond substituents is 1. The third-order valence-electron chi connectivity index (χ3n) is 3.49. The number of aromatic hydroxyl groups is 1. The number of aromatic nitrogens is 3. The standard InChI is InChI=1S/C17H19N3O2/c1-3-4-8-22-17-11-16-15(9-12(17)2)18-20(19-16)13-6-5-7-14(21)10-13/h5-7,9-11,21H,3-4,8H2,1-2H3. The SMILES string of the molecule is CCCCOc1cc2nn(-c3cccc(O)c3)nc2cc1C. The van der Waals surface area contributed by atoms with Crippen LogP contribution in [0.2, 0.25) is 0 Å². The van der Waals surface area contributed by atoms with E-state index in [0.717, 1.165) is 40.9 Å². The van der Waals surface area contributed by atoms with Crippen molar-refractivity contribution in [1.82, 2.24) is 15.0 Å². The number of fused-ring (bicyclic) bond motifs is 1. The summed E-state index contributed by atoms with van der Waals surface area (Å²) in [4.78, 5) is 1.53. The Balaban J connectivity index is 1.96. The first-order valence-electron chi connectivity index (χ1n) is 7.47. The van der Waals surface area contributed by atoms with E-state index in [2.05, 4.69) is 17.1 Å². The third-order valence-corrected chi connectivity index (χ3v) is 3.49. The van der Waals surface area contributed by atoms with Crippen molar-refractivity contribution in [2.75, 3.05) is 6.61 Å². The molecule has 0 amide bonds. The lowest BCUT2D eigenvalue weighted by Gasteiger charge is -2.07. The van der Waals surface area contributed by atoms with Crippen LogP contribution in [0.1, 0.15) is 25.3 Å². The summed E-state index contributed by atoms with van der Waals surface area (Å²) in [5.74, 6) is 1.04. The number of unbranched alkanes of at least 4 members (excludes halogenated alkanes) is 1. The van der Waals surface area contributed by atoms with E-state index < -0.39 is 0 Å². The van der Waals surface area contributed by atoms with Gasteiger partial charge in [0.25, 0.3) is 0 Å². The van der Waals surface area contributed by atoms with E-state index in [1.807, 2.05) is 25.1 Å². The molecule has 114 valence electrons. The molecule has 2 aromatic carbocycles. The highest BCUT2D eigenvalue weighted by molar-refractivity contribution is 5.77. The third kappa shape index (κ3) is 2.88. The Bertz CT molecular complexity index is 796. The molecule has 0 spiro atoms. The van der Waals surface area contributed by atoms with Crippen molar-refractivity contribution >= 4 is 11.0 Å². The molecule has 0 unspecified atom stereocenters. The van der Waals surface area contributed by atoms with Gasteiger partial charge in [-0.05, 0) is 37.1 Å². The van der Waals surface area contributed by atoms with Crippen LogP contribution in [0.15, 0.2) is 36.4 Å². The number of hydrogen-bond acceptors (Lipinski definition) is 4. The quantitative estimate of drug-likeness (QED) is 0.731. The Hall–Kier alpha value is -2.56. The predicted molar refractivity (Wildman–Crippen MR) is 85.7 cm³/mol. The van der Waals surface area contributed by atoms with E-state index in [1.54, 1.807) is 18.2 Å². The monoisotopic (exact) mass is 297 g/mol. The highest BCUT2D eigenvalue weighted by atomic mass is 16.5. The van der Waals surface area contributed by atoms with Gasteiger partial charge in [0.15, 0.2) is 0 Å². The molecule has 0 radical (unpaired) electrons. The van der Waals surface area contributed by atoms with E-state index >= 15 is 0 Å². The van der Waals surface area contributed by atoms with Crippen LogP contribution < -0.4 is 4.74 Å². The van der Waals surface area contributed by atoms with E-state index in [9.17, 15) is 5.11 Å². The molecule has 0 atom stereocenters. The van der Waals surface area contributed by atoms with Crippen LogP contribution in [0.4, 0.5) is 0 Å². The molecule has 0 aliphatic carbocycles. The van der Waals surface area contributed by atoms with Gasteiger partial charge in [-0.2, -0.15) is 4.80 Å². The highest BCUT2D eigenvalue weighted by Crippen LogP contribution is 2.24. The summed E-state index contributed by atoms with van der Waals surface area (Å²) in [5.41, 5.74) is 3.36.